The molecular weight excluding hydrogens is 378 g/mol. The van der Waals surface area contributed by atoms with Gasteiger partial charge in [0, 0.05) is 0 Å². The summed E-state index contributed by atoms with van der Waals surface area (Å²) in [5.74, 6) is 0.0474. The molecule has 28 heavy (non-hydrogen) atoms. The average Bonchev–Trinajstić information content (AvgIpc) is 3.22. The summed E-state index contributed by atoms with van der Waals surface area (Å²) < 4.78 is 12.5. The lowest BCUT2D eigenvalue weighted by molar-refractivity contribution is -0.286. The van der Waals surface area contributed by atoms with Crippen LogP contribution in [-0.4, -0.2) is 106 Å². The molecule has 8 atom stereocenters. The van der Waals surface area contributed by atoms with E-state index in [9.17, 15) is 30.6 Å². The molecule has 0 radical (unpaired) electrons. The first-order valence-electron chi connectivity index (χ1n) is 8.57. The van der Waals surface area contributed by atoms with Crippen LogP contribution in [0.2, 0.25) is 0 Å². The summed E-state index contributed by atoms with van der Waals surface area (Å²) in [7, 11) is 0. The highest BCUT2D eigenvalue weighted by Crippen LogP contribution is 2.44. The van der Waals surface area contributed by atoms with E-state index in [-0.39, 0.29) is 23.6 Å². The standard InChI is InChI=1S/C15H21N5O8/c16-13-7-14(18-3-17-13)20(4-19-7)15(11(26)9(24)6(1-21)28-15)12-10(25)8(23)5(22)2-27-12/h3-6,8-12,21-26H,1-2H2,(H2,16,17,18)/t5-,6-,8-,9-,10-,11-,12?,15+/m1/s1. The topological polar surface area (TPSA) is 209 Å². The quantitative estimate of drug-likeness (QED) is 0.261. The number of aromatic nitrogens is 4. The molecule has 13 nitrogen and oxygen atoms in total. The molecule has 2 aromatic heterocycles. The third kappa shape index (κ3) is 2.53. The van der Waals surface area contributed by atoms with E-state index < -0.39 is 55.1 Å². The SMILES string of the molecule is Nc1ncnc2c1ncn2[C@]1(C2OC[C@@H](O)[C@@H](O)[C@H]2O)O[C@H](CO)[C@@H](O)[C@H]1O. The third-order valence-corrected chi connectivity index (χ3v) is 5.30. The minimum Gasteiger partial charge on any atom is -0.394 e. The van der Waals surface area contributed by atoms with Gasteiger partial charge in [0.1, 0.15) is 54.6 Å². The van der Waals surface area contributed by atoms with Gasteiger partial charge in [-0.2, -0.15) is 0 Å². The summed E-state index contributed by atoms with van der Waals surface area (Å²) >= 11 is 0. The Bertz CT molecular complexity index is 866. The summed E-state index contributed by atoms with van der Waals surface area (Å²) in [5.41, 5.74) is 4.04. The minimum atomic E-state index is -2.04. The van der Waals surface area contributed by atoms with Crippen LogP contribution in [0, 0.1) is 0 Å². The Morgan fingerprint density at radius 1 is 1.11 bits per heavy atom. The second-order valence-electron chi connectivity index (χ2n) is 6.87. The number of hydrogen-bond donors (Lipinski definition) is 7. The van der Waals surface area contributed by atoms with Gasteiger partial charge in [-0.15, -0.1) is 0 Å². The maximum atomic E-state index is 10.9. The van der Waals surface area contributed by atoms with Gasteiger partial charge in [0.25, 0.3) is 0 Å². The number of nitrogens with two attached hydrogens (primary N) is 1. The molecule has 1 unspecified atom stereocenters. The molecule has 0 amide bonds. The lowest BCUT2D eigenvalue weighted by Gasteiger charge is -2.46. The Balaban J connectivity index is 1.91. The molecule has 0 aromatic carbocycles. The Morgan fingerprint density at radius 2 is 1.86 bits per heavy atom. The van der Waals surface area contributed by atoms with Crippen LogP contribution in [0.25, 0.3) is 11.2 Å². The van der Waals surface area contributed by atoms with Gasteiger partial charge in [0.15, 0.2) is 11.5 Å². The van der Waals surface area contributed by atoms with Crippen molar-refractivity contribution in [1.29, 1.82) is 0 Å². The van der Waals surface area contributed by atoms with Crippen LogP contribution in [0.1, 0.15) is 0 Å². The second kappa shape index (κ2) is 6.82. The smallest absolute Gasteiger partial charge is 0.205 e. The molecule has 2 aliphatic rings. The highest BCUT2D eigenvalue weighted by Gasteiger charge is 2.64. The molecule has 2 aromatic rings. The van der Waals surface area contributed by atoms with Crippen molar-refractivity contribution < 1.29 is 40.1 Å². The average molecular weight is 399 g/mol. The third-order valence-electron chi connectivity index (χ3n) is 5.30. The largest absolute Gasteiger partial charge is 0.394 e. The fourth-order valence-corrected chi connectivity index (χ4v) is 3.83. The van der Waals surface area contributed by atoms with Crippen molar-refractivity contribution in [2.24, 2.45) is 0 Å². The normalized spacial score (nSPS) is 41.6. The molecule has 0 bridgehead atoms. The van der Waals surface area contributed by atoms with Crippen molar-refractivity contribution in [3.8, 4) is 0 Å². The monoisotopic (exact) mass is 399 g/mol. The van der Waals surface area contributed by atoms with E-state index in [1.165, 1.54) is 10.9 Å². The summed E-state index contributed by atoms with van der Waals surface area (Å²) in [6.07, 6.45) is -8.28. The number of nitrogens with zero attached hydrogens (tertiary/aromatic N) is 4. The predicted molar refractivity (Wildman–Crippen MR) is 89.4 cm³/mol. The first-order valence-corrected chi connectivity index (χ1v) is 8.57. The number of nitrogen functional groups attached to an aromatic ring is 1. The van der Waals surface area contributed by atoms with Gasteiger partial charge >= 0.3 is 0 Å². The van der Waals surface area contributed by atoms with E-state index >= 15 is 0 Å². The second-order valence-corrected chi connectivity index (χ2v) is 6.87. The maximum Gasteiger partial charge on any atom is 0.205 e. The molecule has 0 aliphatic carbocycles. The van der Waals surface area contributed by atoms with Gasteiger partial charge in [0.05, 0.1) is 19.5 Å². The molecule has 0 spiro atoms. The zero-order valence-electron chi connectivity index (χ0n) is 14.5. The predicted octanol–water partition coefficient (Wildman–Crippen LogP) is -4.34. The summed E-state index contributed by atoms with van der Waals surface area (Å²) in [5, 5.41) is 61.3. The molecular formula is C15H21N5O8. The van der Waals surface area contributed by atoms with E-state index in [4.69, 9.17) is 15.2 Å². The molecule has 2 aliphatic heterocycles. The highest BCUT2D eigenvalue weighted by atomic mass is 16.6. The van der Waals surface area contributed by atoms with Gasteiger partial charge in [0.2, 0.25) is 5.72 Å². The van der Waals surface area contributed by atoms with E-state index in [2.05, 4.69) is 15.0 Å². The van der Waals surface area contributed by atoms with Gasteiger partial charge < -0.3 is 45.8 Å². The Kier molecular flexibility index (Phi) is 4.71. The van der Waals surface area contributed by atoms with Crippen molar-refractivity contribution in [2.45, 2.75) is 48.5 Å². The van der Waals surface area contributed by atoms with Crippen LogP contribution < -0.4 is 5.73 Å². The maximum absolute atomic E-state index is 10.9. The molecule has 4 heterocycles. The van der Waals surface area contributed by atoms with Crippen LogP contribution in [0.5, 0.6) is 0 Å². The molecule has 2 saturated heterocycles. The van der Waals surface area contributed by atoms with Gasteiger partial charge in [-0.3, -0.25) is 4.57 Å². The molecule has 13 heteroatoms. The van der Waals surface area contributed by atoms with Crippen molar-refractivity contribution in [2.75, 3.05) is 18.9 Å². The minimum absolute atomic E-state index is 0.0474. The van der Waals surface area contributed by atoms with Crippen LogP contribution in [0.3, 0.4) is 0 Å². The molecule has 8 N–H and O–H groups in total. The molecule has 154 valence electrons. The zero-order valence-corrected chi connectivity index (χ0v) is 14.5. The van der Waals surface area contributed by atoms with E-state index in [0.717, 1.165) is 6.33 Å². The lowest BCUT2D eigenvalue weighted by atomic mass is 9.87. The lowest BCUT2D eigenvalue weighted by Crippen LogP contribution is -2.65. The van der Waals surface area contributed by atoms with Gasteiger partial charge in [-0.1, -0.05) is 0 Å². The van der Waals surface area contributed by atoms with Crippen LogP contribution in [0.15, 0.2) is 12.7 Å². The van der Waals surface area contributed by atoms with Crippen LogP contribution >= 0.6 is 0 Å². The Hall–Kier alpha value is -1.97. The first-order chi connectivity index (χ1) is 13.3. The molecule has 4 rings (SSSR count). The first kappa shape index (κ1) is 19.4. The number of fused-ring (bicyclic) bond motifs is 1. The molecule has 0 saturated carbocycles. The van der Waals surface area contributed by atoms with Crippen molar-refractivity contribution in [1.82, 2.24) is 19.5 Å². The van der Waals surface area contributed by atoms with E-state index in [0.29, 0.717) is 0 Å². The highest BCUT2D eigenvalue weighted by molar-refractivity contribution is 5.81. The number of hydrogen-bond acceptors (Lipinski definition) is 12. The van der Waals surface area contributed by atoms with E-state index in [1.807, 2.05) is 0 Å². The zero-order chi connectivity index (χ0) is 20.2. The number of aliphatic hydroxyl groups excluding tert-OH is 6. The Morgan fingerprint density at radius 3 is 2.54 bits per heavy atom. The van der Waals surface area contributed by atoms with Crippen molar-refractivity contribution in [3.63, 3.8) is 0 Å². The van der Waals surface area contributed by atoms with Crippen molar-refractivity contribution >= 4 is 17.0 Å². The number of anilines is 1. The number of rotatable bonds is 3. The fourth-order valence-electron chi connectivity index (χ4n) is 3.83. The number of imidazole rings is 1. The summed E-state index contributed by atoms with van der Waals surface area (Å²) in [6, 6.07) is 0. The van der Waals surface area contributed by atoms with Crippen LogP contribution in [-0.2, 0) is 15.2 Å². The summed E-state index contributed by atoms with van der Waals surface area (Å²) in [6.45, 7) is -1.01. The van der Waals surface area contributed by atoms with Gasteiger partial charge in [-0.05, 0) is 0 Å². The van der Waals surface area contributed by atoms with E-state index in [1.54, 1.807) is 0 Å². The molecule has 2 fully saturated rings. The van der Waals surface area contributed by atoms with Crippen molar-refractivity contribution in [3.05, 3.63) is 12.7 Å². The van der Waals surface area contributed by atoms with Gasteiger partial charge in [-0.25, -0.2) is 15.0 Å². The Labute approximate surface area is 157 Å². The number of ether oxygens (including phenoxy) is 2. The van der Waals surface area contributed by atoms with Crippen LogP contribution in [0.4, 0.5) is 5.82 Å². The fraction of sp³-hybridized carbons (Fsp3) is 0.667. The number of aliphatic hydroxyl groups is 6. The summed E-state index contributed by atoms with van der Waals surface area (Å²) in [4.78, 5) is 12.0.